The Morgan fingerprint density at radius 3 is 2.81 bits per heavy atom. The van der Waals surface area contributed by atoms with E-state index >= 15 is 0 Å². The number of hydrogen-bond acceptors (Lipinski definition) is 8. The summed E-state index contributed by atoms with van der Waals surface area (Å²) in [7, 11) is 0. The highest BCUT2D eigenvalue weighted by molar-refractivity contribution is 7.15. The Hall–Kier alpha value is -3.62. The minimum absolute atomic E-state index is 0.622. The standard InChI is InChI=1S/C24H27N7S/c25-9-1-10-28-21-6-2-17(3-7-21)12-22-14-29-24(32-22)31-11-8-18-4-5-19(13-20(18)16-31)23(26)15-30-27/h1-7,9-10,13-15,30H,8,11-12,16,25-27H2/b9-1?,23-15-,28-10?. The van der Waals surface area contributed by atoms with Crippen LogP contribution in [-0.2, 0) is 19.4 Å². The van der Waals surface area contributed by atoms with E-state index in [1.807, 2.05) is 24.4 Å². The summed E-state index contributed by atoms with van der Waals surface area (Å²) in [6.07, 6.45) is 10.3. The molecule has 0 unspecified atom stereocenters. The number of anilines is 1. The molecule has 0 aliphatic carbocycles. The van der Waals surface area contributed by atoms with E-state index in [1.165, 1.54) is 27.8 Å². The van der Waals surface area contributed by atoms with Gasteiger partial charge in [-0.3, -0.25) is 10.8 Å². The highest BCUT2D eigenvalue weighted by Crippen LogP contribution is 2.30. The molecule has 8 heteroatoms. The van der Waals surface area contributed by atoms with E-state index in [9.17, 15) is 0 Å². The second-order valence-electron chi connectivity index (χ2n) is 7.54. The first kappa shape index (κ1) is 21.6. The highest BCUT2D eigenvalue weighted by atomic mass is 32.1. The molecule has 0 radical (unpaired) electrons. The van der Waals surface area contributed by atoms with Gasteiger partial charge in [0, 0.05) is 43.0 Å². The first-order valence-electron chi connectivity index (χ1n) is 10.4. The molecular formula is C24H27N7S. The molecule has 0 amide bonds. The van der Waals surface area contributed by atoms with E-state index in [1.54, 1.807) is 29.8 Å². The van der Waals surface area contributed by atoms with Gasteiger partial charge in [-0.2, -0.15) is 0 Å². The summed E-state index contributed by atoms with van der Waals surface area (Å²) in [5, 5.41) is 1.05. The molecule has 32 heavy (non-hydrogen) atoms. The zero-order valence-corrected chi connectivity index (χ0v) is 18.6. The van der Waals surface area contributed by atoms with Gasteiger partial charge >= 0.3 is 0 Å². The molecule has 4 rings (SSSR count). The van der Waals surface area contributed by atoms with Crippen molar-refractivity contribution in [2.45, 2.75) is 19.4 Å². The van der Waals surface area contributed by atoms with Crippen LogP contribution in [0.2, 0.25) is 0 Å². The van der Waals surface area contributed by atoms with Crippen LogP contribution < -0.4 is 27.6 Å². The van der Waals surface area contributed by atoms with Gasteiger partial charge in [0.1, 0.15) is 0 Å². The summed E-state index contributed by atoms with van der Waals surface area (Å²) in [5.41, 5.74) is 20.3. The van der Waals surface area contributed by atoms with Gasteiger partial charge in [0.2, 0.25) is 0 Å². The lowest BCUT2D eigenvalue weighted by Gasteiger charge is -2.29. The van der Waals surface area contributed by atoms with Crippen LogP contribution in [-0.4, -0.2) is 17.7 Å². The first-order chi connectivity index (χ1) is 15.7. The zero-order valence-electron chi connectivity index (χ0n) is 17.7. The summed E-state index contributed by atoms with van der Waals surface area (Å²) in [6.45, 7) is 1.78. The third-order valence-electron chi connectivity index (χ3n) is 5.34. The zero-order chi connectivity index (χ0) is 22.3. The van der Waals surface area contributed by atoms with Gasteiger partial charge in [-0.05, 0) is 59.1 Å². The molecule has 0 spiro atoms. The van der Waals surface area contributed by atoms with Gasteiger partial charge in [-0.1, -0.05) is 24.3 Å². The molecule has 0 fully saturated rings. The fourth-order valence-electron chi connectivity index (χ4n) is 3.68. The van der Waals surface area contributed by atoms with Crippen molar-refractivity contribution in [3.63, 3.8) is 0 Å². The minimum atomic E-state index is 0.622. The van der Waals surface area contributed by atoms with Crippen LogP contribution in [0.5, 0.6) is 0 Å². The Kier molecular flexibility index (Phi) is 6.84. The Balaban J connectivity index is 1.43. The Bertz CT molecular complexity index is 1150. The number of fused-ring (bicyclic) bond motifs is 1. The number of benzene rings is 2. The minimum Gasteiger partial charge on any atom is -0.405 e. The van der Waals surface area contributed by atoms with E-state index < -0.39 is 0 Å². The molecule has 164 valence electrons. The van der Waals surface area contributed by atoms with E-state index in [0.29, 0.717) is 5.70 Å². The number of nitrogens with two attached hydrogens (primary N) is 3. The molecule has 2 heterocycles. The summed E-state index contributed by atoms with van der Waals surface area (Å²) >= 11 is 1.75. The second kappa shape index (κ2) is 10.1. The summed E-state index contributed by atoms with van der Waals surface area (Å²) in [5.74, 6) is 5.36. The largest absolute Gasteiger partial charge is 0.405 e. The maximum absolute atomic E-state index is 6.08. The van der Waals surface area contributed by atoms with Crippen LogP contribution in [0.1, 0.15) is 27.1 Å². The predicted octanol–water partition coefficient (Wildman–Crippen LogP) is 3.19. The topological polar surface area (TPSA) is 119 Å². The molecule has 7 N–H and O–H groups in total. The van der Waals surface area contributed by atoms with Crippen LogP contribution in [0, 0.1) is 0 Å². The van der Waals surface area contributed by atoms with Gasteiger partial charge in [-0.15, -0.1) is 11.3 Å². The SMILES string of the molecule is NC=CC=Nc1ccc(Cc2cnc(N3CCc4ccc(/C(N)=C/NN)cc4C3)s2)cc1. The number of nitrogens with one attached hydrogen (secondary N) is 1. The van der Waals surface area contributed by atoms with Crippen molar-refractivity contribution < 1.29 is 0 Å². The number of hydrogen-bond donors (Lipinski definition) is 4. The number of hydrazine groups is 1. The Labute approximate surface area is 191 Å². The predicted molar refractivity (Wildman–Crippen MR) is 134 cm³/mol. The van der Waals surface area contributed by atoms with Crippen LogP contribution in [0.15, 0.2) is 72.1 Å². The third kappa shape index (κ3) is 5.16. The molecule has 0 saturated heterocycles. The molecule has 1 aliphatic rings. The third-order valence-corrected chi connectivity index (χ3v) is 6.40. The van der Waals surface area contributed by atoms with Crippen molar-refractivity contribution in [1.29, 1.82) is 0 Å². The normalized spacial score (nSPS) is 14.3. The quantitative estimate of drug-likeness (QED) is 0.252. The van der Waals surface area contributed by atoms with Crippen molar-refractivity contribution in [2.24, 2.45) is 22.3 Å². The second-order valence-corrected chi connectivity index (χ2v) is 8.63. The number of thiazole rings is 1. The monoisotopic (exact) mass is 445 g/mol. The molecular weight excluding hydrogens is 418 g/mol. The Morgan fingerprint density at radius 2 is 2.03 bits per heavy atom. The van der Waals surface area contributed by atoms with Crippen LogP contribution in [0.4, 0.5) is 10.8 Å². The van der Waals surface area contributed by atoms with Crippen LogP contribution in [0.25, 0.3) is 5.70 Å². The van der Waals surface area contributed by atoms with Crippen molar-refractivity contribution in [3.05, 3.63) is 94.3 Å². The molecule has 1 aliphatic heterocycles. The van der Waals surface area contributed by atoms with E-state index in [4.69, 9.17) is 22.3 Å². The fourth-order valence-corrected chi connectivity index (χ4v) is 4.65. The smallest absolute Gasteiger partial charge is 0.185 e. The molecule has 7 nitrogen and oxygen atoms in total. The number of aliphatic imine (C=N–C) groups is 1. The van der Waals surface area contributed by atoms with Gasteiger partial charge < -0.3 is 21.8 Å². The molecule has 0 bridgehead atoms. The molecule has 1 aromatic heterocycles. The lowest BCUT2D eigenvalue weighted by Crippen LogP contribution is -2.30. The van der Waals surface area contributed by atoms with Gasteiger partial charge in [0.25, 0.3) is 0 Å². The average molecular weight is 446 g/mol. The summed E-state index contributed by atoms with van der Waals surface area (Å²) in [4.78, 5) is 12.6. The van der Waals surface area contributed by atoms with Crippen molar-refractivity contribution in [2.75, 3.05) is 11.4 Å². The molecule has 0 saturated carbocycles. The summed E-state index contributed by atoms with van der Waals surface area (Å²) in [6, 6.07) is 14.6. The lowest BCUT2D eigenvalue weighted by molar-refractivity contribution is 0.728. The van der Waals surface area contributed by atoms with Gasteiger partial charge in [0.05, 0.1) is 11.4 Å². The van der Waals surface area contributed by atoms with E-state index in [-0.39, 0.29) is 0 Å². The van der Waals surface area contributed by atoms with Crippen molar-refractivity contribution in [1.82, 2.24) is 10.4 Å². The van der Waals surface area contributed by atoms with E-state index in [0.717, 1.165) is 42.3 Å². The van der Waals surface area contributed by atoms with Crippen LogP contribution in [0.3, 0.4) is 0 Å². The number of aromatic nitrogens is 1. The maximum Gasteiger partial charge on any atom is 0.185 e. The van der Waals surface area contributed by atoms with Crippen molar-refractivity contribution >= 4 is 34.1 Å². The Morgan fingerprint density at radius 1 is 1.19 bits per heavy atom. The van der Waals surface area contributed by atoms with Crippen molar-refractivity contribution in [3.8, 4) is 0 Å². The maximum atomic E-state index is 6.08. The molecule has 3 aromatic rings. The van der Waals surface area contributed by atoms with E-state index in [2.05, 4.69) is 39.6 Å². The number of nitrogens with zero attached hydrogens (tertiary/aromatic N) is 3. The number of allylic oxidation sites excluding steroid dienone is 1. The van der Waals surface area contributed by atoms with Gasteiger partial charge in [0.15, 0.2) is 5.13 Å². The summed E-state index contributed by atoms with van der Waals surface area (Å²) < 4.78 is 0. The van der Waals surface area contributed by atoms with Gasteiger partial charge in [-0.25, -0.2) is 4.98 Å². The molecule has 0 atom stereocenters. The fraction of sp³-hybridized carbons (Fsp3) is 0.167. The lowest BCUT2D eigenvalue weighted by atomic mass is 9.97. The average Bonchev–Trinajstić information content (AvgIpc) is 3.28. The van der Waals surface area contributed by atoms with Crippen LogP contribution >= 0.6 is 11.3 Å². The highest BCUT2D eigenvalue weighted by Gasteiger charge is 2.19. The first-order valence-corrected chi connectivity index (χ1v) is 11.2. The molecule has 2 aromatic carbocycles. The number of rotatable bonds is 7.